The smallest absolute Gasteiger partial charge is 0.0670 e. The first kappa shape index (κ1) is 11.7. The van der Waals surface area contributed by atoms with Crippen molar-refractivity contribution in [3.8, 4) is 6.07 Å². The van der Waals surface area contributed by atoms with E-state index in [4.69, 9.17) is 5.26 Å². The summed E-state index contributed by atoms with van der Waals surface area (Å²) in [5.74, 6) is 0. The van der Waals surface area contributed by atoms with Crippen LogP contribution in [-0.2, 0) is 11.8 Å². The van der Waals surface area contributed by atoms with E-state index in [9.17, 15) is 0 Å². The van der Waals surface area contributed by atoms with Gasteiger partial charge < -0.3 is 4.98 Å². The first-order chi connectivity index (χ1) is 7.93. The Morgan fingerprint density at radius 3 is 2.59 bits per heavy atom. The summed E-state index contributed by atoms with van der Waals surface area (Å²) in [6.07, 6.45) is 0.472. The van der Waals surface area contributed by atoms with Crippen LogP contribution in [0.25, 0.3) is 10.9 Å². The van der Waals surface area contributed by atoms with Crippen molar-refractivity contribution in [2.24, 2.45) is 0 Å². The average molecular weight is 226 g/mol. The molecule has 2 aromatic rings. The number of nitriles is 1. The normalized spacial score (nSPS) is 11.7. The molecule has 2 heteroatoms. The molecular formula is C15H18N2. The number of aromatic nitrogens is 1. The second-order valence-electron chi connectivity index (χ2n) is 5.57. The Morgan fingerprint density at radius 2 is 2.00 bits per heavy atom. The van der Waals surface area contributed by atoms with Crippen molar-refractivity contribution in [2.45, 2.75) is 39.5 Å². The average Bonchev–Trinajstić information content (AvgIpc) is 2.54. The Morgan fingerprint density at radius 1 is 1.29 bits per heavy atom. The van der Waals surface area contributed by atoms with Gasteiger partial charge in [0.15, 0.2) is 0 Å². The molecule has 0 atom stereocenters. The molecule has 0 bridgehead atoms. The van der Waals surface area contributed by atoms with Crippen LogP contribution in [0.1, 0.15) is 37.6 Å². The zero-order valence-corrected chi connectivity index (χ0v) is 10.9. The maximum atomic E-state index is 8.89. The number of H-pyrrole nitrogens is 1. The predicted octanol–water partition coefficient (Wildman–Crippen LogP) is 3.84. The fourth-order valence-electron chi connectivity index (χ4n) is 2.16. The molecule has 0 fully saturated rings. The van der Waals surface area contributed by atoms with E-state index in [1.807, 2.05) is 6.92 Å². The number of nitrogens with one attached hydrogen (secondary N) is 1. The first-order valence-corrected chi connectivity index (χ1v) is 5.92. The summed E-state index contributed by atoms with van der Waals surface area (Å²) in [4.78, 5) is 3.34. The zero-order valence-electron chi connectivity index (χ0n) is 10.9. The second-order valence-corrected chi connectivity index (χ2v) is 5.57. The van der Waals surface area contributed by atoms with Crippen molar-refractivity contribution >= 4 is 10.9 Å². The fraction of sp³-hybridized carbons (Fsp3) is 0.400. The summed E-state index contributed by atoms with van der Waals surface area (Å²) in [6.45, 7) is 8.65. The van der Waals surface area contributed by atoms with Crippen LogP contribution in [0.3, 0.4) is 0 Å². The van der Waals surface area contributed by atoms with Gasteiger partial charge in [-0.1, -0.05) is 26.8 Å². The van der Waals surface area contributed by atoms with Gasteiger partial charge in [-0.25, -0.2) is 0 Å². The van der Waals surface area contributed by atoms with Crippen LogP contribution in [0.15, 0.2) is 18.2 Å². The molecule has 0 aliphatic carbocycles. The third kappa shape index (κ3) is 2.06. The predicted molar refractivity (Wildman–Crippen MR) is 71.1 cm³/mol. The molecule has 0 radical (unpaired) electrons. The van der Waals surface area contributed by atoms with Gasteiger partial charge in [0.2, 0.25) is 0 Å². The highest BCUT2D eigenvalue weighted by atomic mass is 14.7. The van der Waals surface area contributed by atoms with E-state index < -0.39 is 0 Å². The van der Waals surface area contributed by atoms with Crippen molar-refractivity contribution in [1.82, 2.24) is 4.98 Å². The minimum atomic E-state index is 0.142. The number of hydrogen-bond donors (Lipinski definition) is 1. The van der Waals surface area contributed by atoms with Crippen molar-refractivity contribution in [3.63, 3.8) is 0 Å². The van der Waals surface area contributed by atoms with E-state index in [2.05, 4.69) is 50.0 Å². The Kier molecular flexibility index (Phi) is 2.71. The van der Waals surface area contributed by atoms with Crippen LogP contribution in [0, 0.1) is 18.3 Å². The fourth-order valence-corrected chi connectivity index (χ4v) is 2.16. The zero-order chi connectivity index (χ0) is 12.6. The first-order valence-electron chi connectivity index (χ1n) is 5.92. The monoisotopic (exact) mass is 226 g/mol. The van der Waals surface area contributed by atoms with E-state index in [0.29, 0.717) is 6.42 Å². The number of aromatic amines is 1. The minimum absolute atomic E-state index is 0.142. The largest absolute Gasteiger partial charge is 0.358 e. The molecule has 0 aliphatic rings. The van der Waals surface area contributed by atoms with Gasteiger partial charge in [-0.3, -0.25) is 0 Å². The van der Waals surface area contributed by atoms with Gasteiger partial charge in [0, 0.05) is 16.6 Å². The molecule has 2 nitrogen and oxygen atoms in total. The summed E-state index contributed by atoms with van der Waals surface area (Å²) in [6, 6.07) is 8.73. The molecule has 1 heterocycles. The molecule has 2 rings (SSSR count). The standard InChI is InChI=1S/C15H18N2/c1-10-12(7-8-16)13-9-11(15(2,3)4)5-6-14(13)17-10/h5-6,9,17H,7H2,1-4H3. The van der Waals surface area contributed by atoms with Gasteiger partial charge in [0.25, 0.3) is 0 Å². The van der Waals surface area contributed by atoms with Gasteiger partial charge in [-0.05, 0) is 35.6 Å². The van der Waals surface area contributed by atoms with Crippen LogP contribution in [-0.4, -0.2) is 4.98 Å². The third-order valence-corrected chi connectivity index (χ3v) is 3.24. The highest BCUT2D eigenvalue weighted by Crippen LogP contribution is 2.29. The molecule has 0 amide bonds. The maximum absolute atomic E-state index is 8.89. The number of aryl methyl sites for hydroxylation is 1. The Hall–Kier alpha value is -1.75. The van der Waals surface area contributed by atoms with Crippen molar-refractivity contribution in [3.05, 3.63) is 35.0 Å². The highest BCUT2D eigenvalue weighted by molar-refractivity contribution is 5.85. The maximum Gasteiger partial charge on any atom is 0.0670 e. The summed E-state index contributed by atoms with van der Waals surface area (Å²) in [7, 11) is 0. The molecule has 0 spiro atoms. The lowest BCUT2D eigenvalue weighted by Gasteiger charge is -2.19. The quantitative estimate of drug-likeness (QED) is 0.788. The molecule has 0 aliphatic heterocycles. The molecule has 0 saturated carbocycles. The van der Waals surface area contributed by atoms with Crippen LogP contribution >= 0.6 is 0 Å². The van der Waals surface area contributed by atoms with E-state index in [1.165, 1.54) is 10.9 Å². The summed E-state index contributed by atoms with van der Waals surface area (Å²) < 4.78 is 0. The number of fused-ring (bicyclic) bond motifs is 1. The van der Waals surface area contributed by atoms with E-state index in [0.717, 1.165) is 16.8 Å². The molecule has 1 N–H and O–H groups in total. The topological polar surface area (TPSA) is 39.6 Å². The number of hydrogen-bond acceptors (Lipinski definition) is 1. The van der Waals surface area contributed by atoms with E-state index in [-0.39, 0.29) is 5.41 Å². The second kappa shape index (κ2) is 3.92. The van der Waals surface area contributed by atoms with Crippen LogP contribution in [0.2, 0.25) is 0 Å². The van der Waals surface area contributed by atoms with Gasteiger partial charge >= 0.3 is 0 Å². The van der Waals surface area contributed by atoms with Crippen LogP contribution in [0.4, 0.5) is 0 Å². The van der Waals surface area contributed by atoms with Crippen molar-refractivity contribution in [2.75, 3.05) is 0 Å². The molecule has 88 valence electrons. The lowest BCUT2D eigenvalue weighted by Crippen LogP contribution is -2.10. The van der Waals surface area contributed by atoms with Gasteiger partial charge in [0.05, 0.1) is 12.5 Å². The van der Waals surface area contributed by atoms with Gasteiger partial charge in [-0.2, -0.15) is 5.26 Å². The Balaban J connectivity index is 2.67. The van der Waals surface area contributed by atoms with Crippen LogP contribution < -0.4 is 0 Å². The van der Waals surface area contributed by atoms with Crippen LogP contribution in [0.5, 0.6) is 0 Å². The minimum Gasteiger partial charge on any atom is -0.358 e. The van der Waals surface area contributed by atoms with E-state index >= 15 is 0 Å². The van der Waals surface area contributed by atoms with Crippen molar-refractivity contribution < 1.29 is 0 Å². The number of rotatable bonds is 1. The number of nitrogens with zero attached hydrogens (tertiary/aromatic N) is 1. The molecule has 1 aromatic heterocycles. The molecule has 1 aromatic carbocycles. The van der Waals surface area contributed by atoms with E-state index in [1.54, 1.807) is 0 Å². The lowest BCUT2D eigenvalue weighted by atomic mass is 9.86. The van der Waals surface area contributed by atoms with Gasteiger partial charge in [-0.15, -0.1) is 0 Å². The summed E-state index contributed by atoms with van der Waals surface area (Å²) in [5.41, 5.74) is 4.81. The van der Waals surface area contributed by atoms with Gasteiger partial charge in [0.1, 0.15) is 0 Å². The summed E-state index contributed by atoms with van der Waals surface area (Å²) in [5, 5.41) is 10.1. The SMILES string of the molecule is Cc1[nH]c2ccc(C(C)(C)C)cc2c1CC#N. The molecule has 0 saturated heterocycles. The Labute approximate surface area is 102 Å². The third-order valence-electron chi connectivity index (χ3n) is 3.24. The number of benzene rings is 1. The highest BCUT2D eigenvalue weighted by Gasteiger charge is 2.16. The molecule has 17 heavy (non-hydrogen) atoms. The molecule has 0 unspecified atom stereocenters. The van der Waals surface area contributed by atoms with Crippen molar-refractivity contribution in [1.29, 1.82) is 5.26 Å². The molecular weight excluding hydrogens is 208 g/mol. The Bertz CT molecular complexity index is 592. The summed E-state index contributed by atoms with van der Waals surface area (Å²) >= 11 is 0. The lowest BCUT2D eigenvalue weighted by molar-refractivity contribution is 0.591.